The molecule has 82 valence electrons. The van der Waals surface area contributed by atoms with Crippen molar-refractivity contribution in [1.82, 2.24) is 9.78 Å². The molecule has 1 heterocycles. The summed E-state index contributed by atoms with van der Waals surface area (Å²) in [5, 5.41) is 17.7. The summed E-state index contributed by atoms with van der Waals surface area (Å²) in [5.74, 6) is 0. The topological polar surface area (TPSA) is 102 Å². The molecule has 1 rings (SSSR count). The Balaban J connectivity index is 3.67. The highest BCUT2D eigenvalue weighted by Crippen LogP contribution is 2.20. The van der Waals surface area contributed by atoms with E-state index in [9.17, 15) is 8.42 Å². The average molecular weight is 228 g/mol. The maximum Gasteiger partial charge on any atom is 0.256 e. The summed E-state index contributed by atoms with van der Waals surface area (Å²) < 4.78 is 23.9. The van der Waals surface area contributed by atoms with Crippen LogP contribution in [0.3, 0.4) is 0 Å². The van der Waals surface area contributed by atoms with E-state index in [1.54, 1.807) is 26.8 Å². The largest absolute Gasteiger partial charge is 0.256 e. The van der Waals surface area contributed by atoms with Crippen LogP contribution in [0.2, 0.25) is 0 Å². The van der Waals surface area contributed by atoms with Gasteiger partial charge in [-0.3, -0.25) is 0 Å². The Hall–Kier alpha value is -1.39. The van der Waals surface area contributed by atoms with E-state index in [1.165, 1.54) is 4.68 Å². The van der Waals surface area contributed by atoms with E-state index in [2.05, 4.69) is 5.10 Å². The first-order valence-electron chi connectivity index (χ1n) is 4.31. The molecule has 15 heavy (non-hydrogen) atoms. The Morgan fingerprint density at radius 2 is 2.07 bits per heavy atom. The molecule has 0 aliphatic carbocycles. The second kappa shape index (κ2) is 3.64. The number of aromatic nitrogens is 2. The number of aryl methyl sites for hydroxylation is 1. The fourth-order valence-electron chi connectivity index (χ4n) is 1.28. The molecular weight excluding hydrogens is 216 g/mol. The molecule has 0 aromatic carbocycles. The van der Waals surface area contributed by atoms with Crippen molar-refractivity contribution in [2.45, 2.75) is 31.8 Å². The van der Waals surface area contributed by atoms with E-state index in [1.807, 2.05) is 0 Å². The summed E-state index contributed by atoms with van der Waals surface area (Å²) in [7, 11) is -3.92. The molecule has 7 heteroatoms. The maximum absolute atomic E-state index is 11.3. The van der Waals surface area contributed by atoms with E-state index >= 15 is 0 Å². The molecule has 1 aromatic rings. The fourth-order valence-corrected chi connectivity index (χ4v) is 2.27. The van der Waals surface area contributed by atoms with Crippen molar-refractivity contribution < 1.29 is 8.42 Å². The summed E-state index contributed by atoms with van der Waals surface area (Å²) in [6, 6.07) is 1.64. The summed E-state index contributed by atoms with van der Waals surface area (Å²) in [6.07, 6.45) is 0. The zero-order valence-electron chi connectivity index (χ0n) is 8.72. The third-order valence-electron chi connectivity index (χ3n) is 1.91. The van der Waals surface area contributed by atoms with Gasteiger partial charge >= 0.3 is 0 Å². The highest BCUT2D eigenvalue weighted by molar-refractivity contribution is 7.89. The van der Waals surface area contributed by atoms with Crippen molar-refractivity contribution >= 4 is 10.0 Å². The molecular formula is C8H12N4O2S. The minimum Gasteiger partial charge on any atom is -0.249 e. The van der Waals surface area contributed by atoms with Crippen LogP contribution in [0.15, 0.2) is 5.03 Å². The van der Waals surface area contributed by atoms with Crippen LogP contribution < -0.4 is 5.14 Å². The number of sulfonamides is 1. The Morgan fingerprint density at radius 3 is 2.40 bits per heavy atom. The lowest BCUT2D eigenvalue weighted by Gasteiger charge is -2.08. The number of nitrogens with two attached hydrogens (primary N) is 1. The lowest BCUT2D eigenvalue weighted by atomic mass is 10.3. The molecule has 2 N–H and O–H groups in total. The molecule has 0 spiro atoms. The van der Waals surface area contributed by atoms with Crippen LogP contribution in [0.25, 0.3) is 0 Å². The van der Waals surface area contributed by atoms with Crippen LogP contribution in [-0.2, 0) is 10.0 Å². The summed E-state index contributed by atoms with van der Waals surface area (Å²) in [4.78, 5) is 0. The van der Waals surface area contributed by atoms with Gasteiger partial charge in [-0.05, 0) is 20.8 Å². The van der Waals surface area contributed by atoms with Gasteiger partial charge in [-0.2, -0.15) is 10.4 Å². The lowest BCUT2D eigenvalue weighted by Crippen LogP contribution is -2.20. The molecule has 6 nitrogen and oxygen atoms in total. The van der Waals surface area contributed by atoms with Gasteiger partial charge < -0.3 is 0 Å². The van der Waals surface area contributed by atoms with E-state index in [4.69, 9.17) is 10.4 Å². The van der Waals surface area contributed by atoms with Crippen LogP contribution in [-0.4, -0.2) is 18.2 Å². The first kappa shape index (κ1) is 11.7. The van der Waals surface area contributed by atoms with Crippen LogP contribution in [0, 0.1) is 18.3 Å². The van der Waals surface area contributed by atoms with Crippen LogP contribution in [0.5, 0.6) is 0 Å². The van der Waals surface area contributed by atoms with E-state index in [0.29, 0.717) is 5.69 Å². The van der Waals surface area contributed by atoms with Gasteiger partial charge in [0.2, 0.25) is 0 Å². The fraction of sp³-hybridized carbons (Fsp3) is 0.500. The van der Waals surface area contributed by atoms with E-state index in [0.717, 1.165) is 0 Å². The predicted molar refractivity (Wildman–Crippen MR) is 53.4 cm³/mol. The van der Waals surface area contributed by atoms with Crippen LogP contribution >= 0.6 is 0 Å². The third-order valence-corrected chi connectivity index (χ3v) is 2.84. The zero-order valence-corrected chi connectivity index (χ0v) is 9.54. The average Bonchev–Trinajstić information content (AvgIpc) is 2.41. The SMILES string of the molecule is Cc1nn(C(C)C)c(S(N)(=O)=O)c1C#N. The molecule has 0 unspecified atom stereocenters. The smallest absolute Gasteiger partial charge is 0.249 e. The molecule has 0 saturated heterocycles. The Morgan fingerprint density at radius 1 is 1.53 bits per heavy atom. The first-order valence-corrected chi connectivity index (χ1v) is 5.85. The van der Waals surface area contributed by atoms with Gasteiger partial charge in [-0.15, -0.1) is 0 Å². The van der Waals surface area contributed by atoms with Crippen LogP contribution in [0.1, 0.15) is 31.1 Å². The van der Waals surface area contributed by atoms with Crippen molar-refractivity contribution in [2.75, 3.05) is 0 Å². The molecule has 1 aromatic heterocycles. The number of nitrogens with zero attached hydrogens (tertiary/aromatic N) is 3. The monoisotopic (exact) mass is 228 g/mol. The predicted octanol–water partition coefficient (Wildman–Crippen LogP) is 0.292. The molecule has 0 aliphatic rings. The Bertz CT molecular complexity index is 522. The van der Waals surface area contributed by atoms with Gasteiger partial charge in [0.05, 0.1) is 5.69 Å². The maximum atomic E-state index is 11.3. The van der Waals surface area contributed by atoms with Crippen molar-refractivity contribution in [3.8, 4) is 6.07 Å². The molecule has 0 saturated carbocycles. The summed E-state index contributed by atoms with van der Waals surface area (Å²) >= 11 is 0. The minimum atomic E-state index is -3.92. The molecule has 0 atom stereocenters. The summed E-state index contributed by atoms with van der Waals surface area (Å²) in [6.45, 7) is 5.11. The van der Waals surface area contributed by atoms with Gasteiger partial charge in [-0.25, -0.2) is 18.2 Å². The standard InChI is InChI=1S/C8H12N4O2S/c1-5(2)12-8(15(10,13)14)7(4-9)6(3)11-12/h5H,1-3H3,(H2,10,13,14). The second-order valence-electron chi connectivity index (χ2n) is 3.46. The number of rotatable bonds is 2. The van der Waals surface area contributed by atoms with Crippen molar-refractivity contribution in [2.24, 2.45) is 5.14 Å². The number of primary sulfonamides is 1. The van der Waals surface area contributed by atoms with E-state index in [-0.39, 0.29) is 16.6 Å². The zero-order chi connectivity index (χ0) is 11.8. The van der Waals surface area contributed by atoms with Gasteiger partial charge in [0, 0.05) is 6.04 Å². The normalized spacial score (nSPS) is 11.7. The molecule has 0 amide bonds. The molecule has 0 bridgehead atoms. The van der Waals surface area contributed by atoms with Crippen LogP contribution in [0.4, 0.5) is 0 Å². The lowest BCUT2D eigenvalue weighted by molar-refractivity contribution is 0.476. The van der Waals surface area contributed by atoms with Gasteiger partial charge in [0.25, 0.3) is 10.0 Å². The first-order chi connectivity index (χ1) is 6.79. The molecule has 0 aliphatic heterocycles. The van der Waals surface area contributed by atoms with Crippen molar-refractivity contribution in [3.63, 3.8) is 0 Å². The highest BCUT2D eigenvalue weighted by Gasteiger charge is 2.25. The molecule has 0 radical (unpaired) electrons. The van der Waals surface area contributed by atoms with Crippen molar-refractivity contribution in [1.29, 1.82) is 5.26 Å². The summed E-state index contributed by atoms with van der Waals surface area (Å²) in [5.41, 5.74) is 0.390. The Labute approximate surface area is 88.4 Å². The van der Waals surface area contributed by atoms with E-state index < -0.39 is 10.0 Å². The molecule has 0 fully saturated rings. The second-order valence-corrected chi connectivity index (χ2v) is 4.94. The van der Waals surface area contributed by atoms with Gasteiger partial charge in [0.1, 0.15) is 11.6 Å². The highest BCUT2D eigenvalue weighted by atomic mass is 32.2. The van der Waals surface area contributed by atoms with Crippen molar-refractivity contribution in [3.05, 3.63) is 11.3 Å². The Kier molecular flexibility index (Phi) is 2.83. The quantitative estimate of drug-likeness (QED) is 0.785. The number of hydrogen-bond acceptors (Lipinski definition) is 4. The number of hydrogen-bond donors (Lipinski definition) is 1. The van der Waals surface area contributed by atoms with Gasteiger partial charge in [-0.1, -0.05) is 0 Å². The number of nitriles is 1. The van der Waals surface area contributed by atoms with Gasteiger partial charge in [0.15, 0.2) is 5.03 Å². The third kappa shape index (κ3) is 2.00. The minimum absolute atomic E-state index is 0.0196.